The van der Waals surface area contributed by atoms with Crippen molar-refractivity contribution in [3.63, 3.8) is 0 Å². The largest absolute Gasteiger partial charge is 0.493 e. The van der Waals surface area contributed by atoms with Gasteiger partial charge in [0.1, 0.15) is 5.75 Å². The normalized spacial score (nSPS) is 9.74. The maximum atomic E-state index is 12.3. The summed E-state index contributed by atoms with van der Waals surface area (Å²) in [7, 11) is 0. The minimum atomic E-state index is -0.0518. The van der Waals surface area contributed by atoms with Crippen molar-refractivity contribution in [1.29, 1.82) is 0 Å². The number of rotatable bonds is 8. The van der Waals surface area contributed by atoms with Crippen LogP contribution in [0, 0.1) is 0 Å². The maximum Gasteiger partial charge on any atom is 0.254 e. The lowest BCUT2D eigenvalue weighted by atomic mass is 10.2. The molecule has 0 spiro atoms. The Hall–Kier alpha value is -1.55. The molecule has 0 aromatic heterocycles. The number of carbonyl (C=O) groups is 1. The van der Waals surface area contributed by atoms with Crippen LogP contribution < -0.4 is 4.74 Å². The van der Waals surface area contributed by atoms with E-state index in [1.54, 1.807) is 29.2 Å². The van der Waals surface area contributed by atoms with Gasteiger partial charge in [0.15, 0.2) is 0 Å². The van der Waals surface area contributed by atoms with E-state index in [0.717, 1.165) is 5.33 Å². The Morgan fingerprint density at radius 1 is 1.32 bits per heavy atom. The SMILES string of the molecule is C=CCN(CC=C)C(=O)c1cccc(OCCBr)c1. The zero-order valence-electron chi connectivity index (χ0n) is 10.8. The third-order valence-electron chi connectivity index (χ3n) is 2.41. The van der Waals surface area contributed by atoms with E-state index in [9.17, 15) is 4.79 Å². The van der Waals surface area contributed by atoms with Crippen molar-refractivity contribution >= 4 is 21.8 Å². The molecule has 0 bridgehead atoms. The Morgan fingerprint density at radius 3 is 2.58 bits per heavy atom. The summed E-state index contributed by atoms with van der Waals surface area (Å²) in [4.78, 5) is 14.0. The minimum absolute atomic E-state index is 0.0518. The first-order valence-electron chi connectivity index (χ1n) is 6.02. The highest BCUT2D eigenvalue weighted by molar-refractivity contribution is 9.09. The first-order valence-corrected chi connectivity index (χ1v) is 7.15. The zero-order valence-corrected chi connectivity index (χ0v) is 12.4. The molecule has 0 saturated heterocycles. The smallest absolute Gasteiger partial charge is 0.254 e. The first-order chi connectivity index (χ1) is 9.22. The van der Waals surface area contributed by atoms with Gasteiger partial charge in [-0.15, -0.1) is 13.2 Å². The average molecular weight is 324 g/mol. The van der Waals surface area contributed by atoms with E-state index in [1.807, 2.05) is 12.1 Å². The number of ether oxygens (including phenoxy) is 1. The molecule has 0 aliphatic carbocycles. The predicted octanol–water partition coefficient (Wildman–Crippen LogP) is 3.27. The van der Waals surface area contributed by atoms with Gasteiger partial charge in [-0.25, -0.2) is 0 Å². The van der Waals surface area contributed by atoms with E-state index < -0.39 is 0 Å². The highest BCUT2D eigenvalue weighted by Gasteiger charge is 2.13. The molecule has 1 aromatic carbocycles. The molecular formula is C15H18BrNO2. The topological polar surface area (TPSA) is 29.5 Å². The fraction of sp³-hybridized carbons (Fsp3) is 0.267. The number of carbonyl (C=O) groups excluding carboxylic acids is 1. The molecular weight excluding hydrogens is 306 g/mol. The molecule has 3 nitrogen and oxygen atoms in total. The van der Waals surface area contributed by atoms with Crippen LogP contribution in [-0.2, 0) is 0 Å². The predicted molar refractivity (Wildman–Crippen MR) is 82.0 cm³/mol. The summed E-state index contributed by atoms with van der Waals surface area (Å²) in [6, 6.07) is 7.19. The maximum absolute atomic E-state index is 12.3. The van der Waals surface area contributed by atoms with E-state index in [1.165, 1.54) is 0 Å². The third-order valence-corrected chi connectivity index (χ3v) is 2.74. The molecule has 0 aliphatic rings. The van der Waals surface area contributed by atoms with Crippen molar-refractivity contribution < 1.29 is 9.53 Å². The molecule has 4 heteroatoms. The number of amides is 1. The highest BCUT2D eigenvalue weighted by Crippen LogP contribution is 2.15. The monoisotopic (exact) mass is 323 g/mol. The number of alkyl halides is 1. The van der Waals surface area contributed by atoms with Gasteiger partial charge >= 0.3 is 0 Å². The van der Waals surface area contributed by atoms with E-state index in [4.69, 9.17) is 4.74 Å². The lowest BCUT2D eigenvalue weighted by molar-refractivity contribution is 0.0790. The number of hydrogen-bond donors (Lipinski definition) is 0. The van der Waals surface area contributed by atoms with Gasteiger partial charge in [-0.2, -0.15) is 0 Å². The van der Waals surface area contributed by atoms with Crippen molar-refractivity contribution in [3.05, 3.63) is 55.1 Å². The fourth-order valence-electron chi connectivity index (χ4n) is 1.61. The number of halogens is 1. The molecule has 102 valence electrons. The standard InChI is InChI=1S/C15H18BrNO2/c1-3-9-17(10-4-2)15(18)13-6-5-7-14(12-13)19-11-8-16/h3-7,12H,1-2,8-11H2. The summed E-state index contributed by atoms with van der Waals surface area (Å²) >= 11 is 3.30. The molecule has 1 amide bonds. The van der Waals surface area contributed by atoms with Crippen LogP contribution in [0.4, 0.5) is 0 Å². The van der Waals surface area contributed by atoms with Crippen LogP contribution in [0.2, 0.25) is 0 Å². The molecule has 0 heterocycles. The number of hydrogen-bond acceptors (Lipinski definition) is 2. The van der Waals surface area contributed by atoms with Crippen LogP contribution >= 0.6 is 15.9 Å². The zero-order chi connectivity index (χ0) is 14.1. The Balaban J connectivity index is 2.84. The second-order valence-corrected chi connectivity index (χ2v) is 4.65. The van der Waals surface area contributed by atoms with Crippen LogP contribution in [0.1, 0.15) is 10.4 Å². The van der Waals surface area contributed by atoms with Crippen LogP contribution in [0.25, 0.3) is 0 Å². The van der Waals surface area contributed by atoms with Crippen LogP contribution in [0.5, 0.6) is 5.75 Å². The van der Waals surface area contributed by atoms with Crippen LogP contribution in [0.15, 0.2) is 49.6 Å². The van der Waals surface area contributed by atoms with Crippen LogP contribution in [0.3, 0.4) is 0 Å². The van der Waals surface area contributed by atoms with E-state index in [0.29, 0.717) is 31.0 Å². The van der Waals surface area contributed by atoms with Crippen molar-refractivity contribution in [2.45, 2.75) is 0 Å². The molecule has 0 fully saturated rings. The summed E-state index contributed by atoms with van der Waals surface area (Å²) in [5.74, 6) is 0.645. The molecule has 0 N–H and O–H groups in total. The molecule has 0 saturated carbocycles. The Morgan fingerprint density at radius 2 is 2.00 bits per heavy atom. The molecule has 0 radical (unpaired) electrons. The minimum Gasteiger partial charge on any atom is -0.493 e. The average Bonchev–Trinajstić information content (AvgIpc) is 2.44. The van der Waals surface area contributed by atoms with Crippen molar-refractivity contribution in [2.75, 3.05) is 25.0 Å². The molecule has 19 heavy (non-hydrogen) atoms. The van der Waals surface area contributed by atoms with Crippen molar-refractivity contribution in [1.82, 2.24) is 4.90 Å². The fourth-order valence-corrected chi connectivity index (χ4v) is 1.77. The summed E-state index contributed by atoms with van der Waals surface area (Å²) < 4.78 is 5.49. The van der Waals surface area contributed by atoms with Crippen molar-refractivity contribution in [3.8, 4) is 5.75 Å². The van der Waals surface area contributed by atoms with E-state index >= 15 is 0 Å². The van der Waals surface area contributed by atoms with Gasteiger partial charge < -0.3 is 9.64 Å². The second kappa shape index (κ2) is 8.53. The molecule has 0 aliphatic heterocycles. The van der Waals surface area contributed by atoms with Gasteiger partial charge in [-0.05, 0) is 18.2 Å². The van der Waals surface area contributed by atoms with E-state index in [2.05, 4.69) is 29.1 Å². The molecule has 0 atom stereocenters. The quantitative estimate of drug-likeness (QED) is 0.542. The van der Waals surface area contributed by atoms with Gasteiger partial charge in [0.05, 0.1) is 6.61 Å². The summed E-state index contributed by atoms with van der Waals surface area (Å²) in [5, 5.41) is 0.754. The lowest BCUT2D eigenvalue weighted by Crippen LogP contribution is -2.31. The van der Waals surface area contributed by atoms with Crippen LogP contribution in [-0.4, -0.2) is 35.8 Å². The van der Waals surface area contributed by atoms with Gasteiger partial charge in [-0.1, -0.05) is 34.1 Å². The lowest BCUT2D eigenvalue weighted by Gasteiger charge is -2.19. The summed E-state index contributed by atoms with van der Waals surface area (Å²) in [5.41, 5.74) is 0.607. The molecule has 1 aromatic rings. The Kier molecular flexibility index (Phi) is 6.97. The summed E-state index contributed by atoms with van der Waals surface area (Å²) in [6.07, 6.45) is 3.40. The van der Waals surface area contributed by atoms with Gasteiger partial charge in [0.2, 0.25) is 0 Å². The highest BCUT2D eigenvalue weighted by atomic mass is 79.9. The second-order valence-electron chi connectivity index (χ2n) is 3.85. The molecule has 0 unspecified atom stereocenters. The van der Waals surface area contributed by atoms with Gasteiger partial charge in [-0.3, -0.25) is 4.79 Å². The Bertz CT molecular complexity index is 436. The molecule has 1 rings (SSSR count). The third kappa shape index (κ3) is 4.91. The summed E-state index contributed by atoms with van der Waals surface area (Å²) in [6.45, 7) is 8.88. The Labute approximate surface area is 122 Å². The number of benzene rings is 1. The van der Waals surface area contributed by atoms with Crippen molar-refractivity contribution in [2.24, 2.45) is 0 Å². The van der Waals surface area contributed by atoms with E-state index in [-0.39, 0.29) is 5.91 Å². The first kappa shape index (κ1) is 15.5. The number of nitrogens with zero attached hydrogens (tertiary/aromatic N) is 1. The van der Waals surface area contributed by atoms with Gasteiger partial charge in [0.25, 0.3) is 5.91 Å². The van der Waals surface area contributed by atoms with Gasteiger partial charge in [0, 0.05) is 24.0 Å².